The fourth-order valence-electron chi connectivity index (χ4n) is 3.08. The average molecular weight is 409 g/mol. The van der Waals surface area contributed by atoms with Crippen LogP contribution in [0.15, 0.2) is 58.3 Å². The molecule has 0 saturated carbocycles. The summed E-state index contributed by atoms with van der Waals surface area (Å²) in [5, 5.41) is 7.56. The van der Waals surface area contributed by atoms with Crippen LogP contribution in [0.2, 0.25) is 0 Å². The zero-order chi connectivity index (χ0) is 19.8. The zero-order valence-electron chi connectivity index (χ0n) is 14.5. The van der Waals surface area contributed by atoms with Gasteiger partial charge in [-0.1, -0.05) is 24.3 Å². The number of nitrogens with zero attached hydrogens (tertiary/aromatic N) is 1. The zero-order valence-corrected chi connectivity index (χ0v) is 16.1. The maximum atomic E-state index is 13.2. The average Bonchev–Trinajstić information content (AvgIpc) is 2.65. The van der Waals surface area contributed by atoms with E-state index in [2.05, 4.69) is 5.32 Å². The third-order valence-corrected chi connectivity index (χ3v) is 7.31. The predicted molar refractivity (Wildman–Crippen MR) is 98.5 cm³/mol. The highest BCUT2D eigenvalue weighted by Crippen LogP contribution is 2.29. The molecule has 2 aromatic carbocycles. The number of primary sulfonamides is 1. The summed E-state index contributed by atoms with van der Waals surface area (Å²) in [6.07, 6.45) is 0.254. The van der Waals surface area contributed by atoms with Crippen LogP contribution in [0.1, 0.15) is 11.1 Å². The number of carbonyl (C=O) groups excluding carboxylic acids is 1. The molecule has 0 fully saturated rings. The molecule has 1 aliphatic rings. The SMILES string of the molecule is CNC(=O)C1Cc2ccccc2CN1S(=O)(=O)c1ccc(S(N)(=O)=O)cc1. The van der Waals surface area contributed by atoms with Crippen molar-refractivity contribution in [1.29, 1.82) is 0 Å². The molecule has 144 valence electrons. The van der Waals surface area contributed by atoms with Crippen molar-refractivity contribution in [2.45, 2.75) is 28.8 Å². The van der Waals surface area contributed by atoms with Gasteiger partial charge in [0.25, 0.3) is 0 Å². The molecule has 3 N–H and O–H groups in total. The molecule has 3 rings (SSSR count). The highest BCUT2D eigenvalue weighted by Gasteiger charge is 2.39. The smallest absolute Gasteiger partial charge is 0.244 e. The Balaban J connectivity index is 2.04. The summed E-state index contributed by atoms with van der Waals surface area (Å²) in [6, 6.07) is 11.1. The molecule has 1 amide bonds. The molecular formula is C17H19N3O5S2. The van der Waals surface area contributed by atoms with Gasteiger partial charge in [-0.25, -0.2) is 22.0 Å². The molecule has 1 aliphatic heterocycles. The summed E-state index contributed by atoms with van der Waals surface area (Å²) in [5.41, 5.74) is 1.74. The summed E-state index contributed by atoms with van der Waals surface area (Å²) in [4.78, 5) is 12.0. The second kappa shape index (κ2) is 7.04. The summed E-state index contributed by atoms with van der Waals surface area (Å²) in [5.74, 6) is -0.408. The van der Waals surface area contributed by atoms with Gasteiger partial charge in [0.2, 0.25) is 26.0 Å². The van der Waals surface area contributed by atoms with E-state index in [-0.39, 0.29) is 22.8 Å². The van der Waals surface area contributed by atoms with Gasteiger partial charge in [-0.15, -0.1) is 0 Å². The van der Waals surface area contributed by atoms with Crippen molar-refractivity contribution >= 4 is 26.0 Å². The molecule has 1 heterocycles. The number of carbonyl (C=O) groups is 1. The van der Waals surface area contributed by atoms with Crippen LogP contribution in [0.25, 0.3) is 0 Å². The van der Waals surface area contributed by atoms with Crippen LogP contribution in [-0.2, 0) is 37.8 Å². The van der Waals surface area contributed by atoms with Crippen molar-refractivity contribution in [2.75, 3.05) is 7.05 Å². The third-order valence-electron chi connectivity index (χ3n) is 4.51. The number of nitrogens with two attached hydrogens (primary N) is 1. The Morgan fingerprint density at radius 2 is 1.56 bits per heavy atom. The Bertz CT molecular complexity index is 1080. The normalized spacial score (nSPS) is 17.9. The Hall–Kier alpha value is -2.27. The van der Waals surface area contributed by atoms with Gasteiger partial charge in [0, 0.05) is 13.6 Å². The molecule has 0 radical (unpaired) electrons. The van der Waals surface area contributed by atoms with E-state index in [1.54, 1.807) is 0 Å². The van der Waals surface area contributed by atoms with Crippen molar-refractivity contribution in [1.82, 2.24) is 9.62 Å². The van der Waals surface area contributed by atoms with Gasteiger partial charge in [0.1, 0.15) is 6.04 Å². The lowest BCUT2D eigenvalue weighted by Crippen LogP contribution is -2.51. The third kappa shape index (κ3) is 3.74. The molecular weight excluding hydrogens is 390 g/mol. The molecule has 1 unspecified atom stereocenters. The first kappa shape index (κ1) is 19.5. The number of fused-ring (bicyclic) bond motifs is 1. The minimum atomic E-state index is -4.03. The molecule has 10 heteroatoms. The Morgan fingerprint density at radius 1 is 1.00 bits per heavy atom. The minimum Gasteiger partial charge on any atom is -0.358 e. The quantitative estimate of drug-likeness (QED) is 0.746. The lowest BCUT2D eigenvalue weighted by Gasteiger charge is -2.34. The summed E-state index contributed by atoms with van der Waals surface area (Å²) < 4.78 is 50.2. The van der Waals surface area contributed by atoms with Crippen molar-refractivity contribution < 1.29 is 21.6 Å². The largest absolute Gasteiger partial charge is 0.358 e. The lowest BCUT2D eigenvalue weighted by atomic mass is 9.95. The molecule has 0 aliphatic carbocycles. The Kier molecular flexibility index (Phi) is 5.08. The van der Waals surface area contributed by atoms with Crippen LogP contribution < -0.4 is 10.5 Å². The maximum absolute atomic E-state index is 13.2. The standard InChI is InChI=1S/C17H19N3O5S2/c1-19-17(21)16-10-12-4-2-3-5-13(12)11-20(16)27(24,25)15-8-6-14(7-9-15)26(18,22)23/h2-9,16H,10-11H2,1H3,(H,19,21)(H2,18,22,23). The van der Waals surface area contributed by atoms with E-state index >= 15 is 0 Å². The van der Waals surface area contributed by atoms with Crippen LogP contribution in [0.4, 0.5) is 0 Å². The Labute approximate surface area is 158 Å². The first-order valence-electron chi connectivity index (χ1n) is 8.07. The molecule has 0 spiro atoms. The molecule has 1 atom stereocenters. The van der Waals surface area contributed by atoms with Crippen LogP contribution in [-0.4, -0.2) is 40.1 Å². The highest BCUT2D eigenvalue weighted by atomic mass is 32.2. The number of rotatable bonds is 4. The van der Waals surface area contributed by atoms with E-state index in [0.717, 1.165) is 27.6 Å². The fraction of sp³-hybridized carbons (Fsp3) is 0.235. The molecule has 0 bridgehead atoms. The first-order valence-corrected chi connectivity index (χ1v) is 11.1. The van der Waals surface area contributed by atoms with Crippen molar-refractivity contribution in [3.63, 3.8) is 0 Å². The Morgan fingerprint density at radius 3 is 2.11 bits per heavy atom. The predicted octanol–water partition coefficient (Wildman–Crippen LogP) is 0.196. The van der Waals surface area contributed by atoms with Crippen molar-refractivity contribution in [2.24, 2.45) is 5.14 Å². The molecule has 0 saturated heterocycles. The second-order valence-electron chi connectivity index (χ2n) is 6.17. The van der Waals surface area contributed by atoms with E-state index in [0.29, 0.717) is 0 Å². The van der Waals surface area contributed by atoms with Gasteiger partial charge in [-0.3, -0.25) is 4.79 Å². The van der Waals surface area contributed by atoms with E-state index in [1.807, 2.05) is 24.3 Å². The number of amides is 1. The van der Waals surface area contributed by atoms with E-state index in [9.17, 15) is 21.6 Å². The summed E-state index contributed by atoms with van der Waals surface area (Å²) in [7, 11) is -6.51. The van der Waals surface area contributed by atoms with Crippen LogP contribution >= 0.6 is 0 Å². The van der Waals surface area contributed by atoms with Gasteiger partial charge in [-0.05, 0) is 41.8 Å². The summed E-state index contributed by atoms with van der Waals surface area (Å²) in [6.45, 7) is 0.0491. The molecule has 2 aromatic rings. The van der Waals surface area contributed by atoms with Crippen LogP contribution in [0.5, 0.6) is 0 Å². The van der Waals surface area contributed by atoms with E-state index < -0.39 is 32.0 Å². The number of sulfonamides is 2. The number of hydrogen-bond acceptors (Lipinski definition) is 5. The lowest BCUT2D eigenvalue weighted by molar-refractivity contribution is -0.124. The van der Waals surface area contributed by atoms with Crippen molar-refractivity contribution in [3.05, 3.63) is 59.7 Å². The van der Waals surface area contributed by atoms with E-state index in [1.165, 1.54) is 19.2 Å². The molecule has 8 nitrogen and oxygen atoms in total. The fourth-order valence-corrected chi connectivity index (χ4v) is 5.16. The number of benzene rings is 2. The molecule has 0 aromatic heterocycles. The minimum absolute atomic E-state index is 0.0491. The van der Waals surface area contributed by atoms with Crippen LogP contribution in [0.3, 0.4) is 0 Å². The van der Waals surface area contributed by atoms with E-state index in [4.69, 9.17) is 5.14 Å². The highest BCUT2D eigenvalue weighted by molar-refractivity contribution is 7.89. The van der Waals surface area contributed by atoms with Gasteiger partial charge in [-0.2, -0.15) is 4.31 Å². The van der Waals surface area contributed by atoms with Gasteiger partial charge in [0.05, 0.1) is 9.79 Å². The monoisotopic (exact) mass is 409 g/mol. The van der Waals surface area contributed by atoms with Gasteiger partial charge >= 0.3 is 0 Å². The second-order valence-corrected chi connectivity index (χ2v) is 9.62. The van der Waals surface area contributed by atoms with Gasteiger partial charge < -0.3 is 5.32 Å². The topological polar surface area (TPSA) is 127 Å². The summed E-state index contributed by atoms with van der Waals surface area (Å²) >= 11 is 0. The van der Waals surface area contributed by atoms with Crippen LogP contribution in [0, 0.1) is 0 Å². The number of nitrogens with one attached hydrogen (secondary N) is 1. The maximum Gasteiger partial charge on any atom is 0.244 e. The van der Waals surface area contributed by atoms with Crippen molar-refractivity contribution in [3.8, 4) is 0 Å². The number of likely N-dealkylation sites (N-methyl/N-ethyl adjacent to an activating group) is 1. The van der Waals surface area contributed by atoms with Gasteiger partial charge in [0.15, 0.2) is 0 Å². The first-order chi connectivity index (χ1) is 12.6. The molecule has 27 heavy (non-hydrogen) atoms. The number of hydrogen-bond donors (Lipinski definition) is 2.